The number of carbonyl (C=O) groups is 2. The van der Waals surface area contributed by atoms with Crippen molar-refractivity contribution in [3.05, 3.63) is 12.2 Å². The van der Waals surface area contributed by atoms with Crippen molar-refractivity contribution in [2.75, 3.05) is 13.2 Å². The van der Waals surface area contributed by atoms with Gasteiger partial charge in [0.2, 0.25) is 0 Å². The van der Waals surface area contributed by atoms with Crippen LogP contribution in [0.1, 0.15) is 122 Å². The largest absolute Gasteiger partial charge is 0.481 e. The molecule has 0 aromatic carbocycles. The van der Waals surface area contributed by atoms with Crippen LogP contribution < -0.4 is 0 Å². The summed E-state index contributed by atoms with van der Waals surface area (Å²) in [6.45, 7) is 3.77. The number of rotatable bonds is 16. The molecule has 2 saturated carbocycles. The molecule has 2 heterocycles. The molecule has 7 nitrogen and oxygen atoms in total. The van der Waals surface area contributed by atoms with E-state index in [1.165, 1.54) is 32.1 Å². The minimum absolute atomic E-state index is 0.00362. The smallest absolute Gasteiger partial charge is 0.303 e. The molecule has 4 unspecified atom stereocenters. The lowest BCUT2D eigenvalue weighted by atomic mass is 9.87. The van der Waals surface area contributed by atoms with E-state index in [-0.39, 0.29) is 48.8 Å². The molecule has 2 saturated heterocycles. The quantitative estimate of drug-likeness (QED) is 0.157. The van der Waals surface area contributed by atoms with Gasteiger partial charge in [0.05, 0.1) is 12.2 Å². The number of carboxylic acids is 1. The molecule has 0 aromatic rings. The van der Waals surface area contributed by atoms with Crippen molar-refractivity contribution in [3.8, 4) is 0 Å². The van der Waals surface area contributed by atoms with Gasteiger partial charge >= 0.3 is 5.97 Å². The molecular formula is C33H54O7. The highest BCUT2D eigenvalue weighted by Gasteiger charge is 2.43. The van der Waals surface area contributed by atoms with E-state index in [4.69, 9.17) is 24.1 Å². The fraction of sp³-hybridized carbons (Fsp3) is 0.879. The monoisotopic (exact) mass is 562 g/mol. The van der Waals surface area contributed by atoms with Crippen molar-refractivity contribution in [1.29, 1.82) is 0 Å². The number of unbranched alkanes of at least 4 members (excludes halogenated alkanes) is 3. The van der Waals surface area contributed by atoms with Crippen molar-refractivity contribution in [2.45, 2.75) is 147 Å². The standard InChI is InChI=1S/C33H54O7/c1-2-11-24-16-17-25(22-24)29(39-32-14-7-9-20-37-32)19-18-27-26(12-5-3-4-6-13-31(35)36)28(34)23-30(27)40-33-15-8-10-21-38-33/h18-19,24-27,29-30,32-33H,2-17,20-23H2,1H3,(H,35,36)/t24?,25?,26-,27-,29-,30-,32?,33?/m1/s1. The van der Waals surface area contributed by atoms with E-state index in [0.29, 0.717) is 18.8 Å². The molecule has 8 atom stereocenters. The number of hydrogen-bond acceptors (Lipinski definition) is 6. The van der Waals surface area contributed by atoms with Gasteiger partial charge in [-0.05, 0) is 76.0 Å². The van der Waals surface area contributed by atoms with Gasteiger partial charge in [-0.3, -0.25) is 9.59 Å². The van der Waals surface area contributed by atoms with Crippen LogP contribution in [0.4, 0.5) is 0 Å². The molecule has 0 spiro atoms. The topological polar surface area (TPSA) is 91.3 Å². The first-order valence-corrected chi connectivity index (χ1v) is 16.5. The van der Waals surface area contributed by atoms with E-state index in [0.717, 1.165) is 83.3 Å². The van der Waals surface area contributed by atoms with Gasteiger partial charge in [0.1, 0.15) is 5.78 Å². The van der Waals surface area contributed by atoms with Crippen LogP contribution in [0.5, 0.6) is 0 Å². The Hall–Kier alpha value is -1.28. The third kappa shape index (κ3) is 9.92. The van der Waals surface area contributed by atoms with Crippen LogP contribution in [0.15, 0.2) is 12.2 Å². The van der Waals surface area contributed by atoms with Crippen LogP contribution in [0.2, 0.25) is 0 Å². The lowest BCUT2D eigenvalue weighted by molar-refractivity contribution is -0.193. The Labute approximate surface area is 241 Å². The summed E-state index contributed by atoms with van der Waals surface area (Å²) >= 11 is 0. The Morgan fingerprint density at radius 3 is 2.42 bits per heavy atom. The molecule has 2 aliphatic heterocycles. The maximum absolute atomic E-state index is 13.3. The van der Waals surface area contributed by atoms with Crippen LogP contribution in [0.25, 0.3) is 0 Å². The Morgan fingerprint density at radius 1 is 0.975 bits per heavy atom. The van der Waals surface area contributed by atoms with Gasteiger partial charge < -0.3 is 24.1 Å². The molecular weight excluding hydrogens is 508 g/mol. The second-order valence-electron chi connectivity index (χ2n) is 12.7. The Balaban J connectivity index is 1.44. The van der Waals surface area contributed by atoms with Gasteiger partial charge in [-0.2, -0.15) is 0 Å². The fourth-order valence-corrected chi connectivity index (χ4v) is 7.34. The average molecular weight is 563 g/mol. The van der Waals surface area contributed by atoms with Crippen LogP contribution in [-0.2, 0) is 28.5 Å². The summed E-state index contributed by atoms with van der Waals surface area (Å²) in [6, 6.07) is 0. The van der Waals surface area contributed by atoms with E-state index in [2.05, 4.69) is 19.1 Å². The molecule has 1 N–H and O–H groups in total. The highest BCUT2D eigenvalue weighted by atomic mass is 16.7. The molecule has 0 amide bonds. The van der Waals surface area contributed by atoms with E-state index in [1.54, 1.807) is 0 Å². The van der Waals surface area contributed by atoms with Gasteiger partial charge in [0.15, 0.2) is 12.6 Å². The van der Waals surface area contributed by atoms with E-state index < -0.39 is 5.97 Å². The predicted molar refractivity (Wildman–Crippen MR) is 154 cm³/mol. The van der Waals surface area contributed by atoms with E-state index in [9.17, 15) is 9.59 Å². The zero-order chi connectivity index (χ0) is 28.2. The molecule has 4 fully saturated rings. The maximum atomic E-state index is 13.3. The normalized spacial score (nSPS) is 34.0. The van der Waals surface area contributed by atoms with Gasteiger partial charge in [-0.15, -0.1) is 0 Å². The summed E-state index contributed by atoms with van der Waals surface area (Å²) in [5.74, 6) is 0.778. The van der Waals surface area contributed by atoms with Crippen LogP contribution >= 0.6 is 0 Å². The Bertz CT molecular complexity index is 786. The van der Waals surface area contributed by atoms with Crippen LogP contribution in [0, 0.1) is 23.7 Å². The number of Topliss-reactive ketones (excluding diaryl/α,β-unsaturated/α-hetero) is 1. The molecule has 0 aromatic heterocycles. The average Bonchev–Trinajstić information content (AvgIpc) is 3.53. The first-order chi connectivity index (χ1) is 19.5. The summed E-state index contributed by atoms with van der Waals surface area (Å²) in [4.78, 5) is 24.1. The number of hydrogen-bond donors (Lipinski definition) is 1. The van der Waals surface area contributed by atoms with Crippen molar-refractivity contribution in [3.63, 3.8) is 0 Å². The van der Waals surface area contributed by atoms with Gasteiger partial charge in [-0.25, -0.2) is 0 Å². The maximum Gasteiger partial charge on any atom is 0.303 e. The van der Waals surface area contributed by atoms with Gasteiger partial charge in [0, 0.05) is 37.9 Å². The summed E-state index contributed by atoms with van der Waals surface area (Å²) in [6.07, 6.45) is 21.4. The minimum Gasteiger partial charge on any atom is -0.481 e. The van der Waals surface area contributed by atoms with Crippen LogP contribution in [0.3, 0.4) is 0 Å². The molecule has 228 valence electrons. The molecule has 4 rings (SSSR count). The van der Waals surface area contributed by atoms with Gasteiger partial charge in [0.25, 0.3) is 0 Å². The zero-order valence-corrected chi connectivity index (χ0v) is 24.8. The number of ether oxygens (including phenoxy) is 4. The number of carboxylic acid groups (broad SMARTS) is 1. The molecule has 0 bridgehead atoms. The SMILES string of the molecule is CCCC1CCC([C@@H](C=C[C@H]2[C@H](OC3CCCCO3)CC(=O)[C@@H]2CCCCCCC(=O)O)OC2CCCCO2)C1. The van der Waals surface area contributed by atoms with Crippen LogP contribution in [-0.4, -0.2) is 54.9 Å². The summed E-state index contributed by atoms with van der Waals surface area (Å²) in [5, 5.41) is 8.91. The first-order valence-electron chi connectivity index (χ1n) is 16.5. The summed E-state index contributed by atoms with van der Waals surface area (Å²) in [5.41, 5.74) is 0. The molecule has 40 heavy (non-hydrogen) atoms. The Morgan fingerprint density at radius 2 is 1.73 bits per heavy atom. The molecule has 7 heteroatoms. The summed E-state index contributed by atoms with van der Waals surface area (Å²) in [7, 11) is 0. The highest BCUT2D eigenvalue weighted by Crippen LogP contribution is 2.41. The second kappa shape index (κ2) is 17.0. The van der Waals surface area contributed by atoms with E-state index >= 15 is 0 Å². The minimum atomic E-state index is -0.736. The predicted octanol–water partition coefficient (Wildman–Crippen LogP) is 7.21. The highest BCUT2D eigenvalue weighted by molar-refractivity contribution is 5.84. The number of aliphatic carboxylic acids is 1. The van der Waals surface area contributed by atoms with Crippen molar-refractivity contribution >= 4 is 11.8 Å². The van der Waals surface area contributed by atoms with Crippen molar-refractivity contribution in [1.82, 2.24) is 0 Å². The lowest BCUT2D eigenvalue weighted by Gasteiger charge is -2.31. The number of carbonyl (C=O) groups excluding carboxylic acids is 1. The third-order valence-corrected chi connectivity index (χ3v) is 9.54. The fourth-order valence-electron chi connectivity index (χ4n) is 7.34. The van der Waals surface area contributed by atoms with Crippen molar-refractivity contribution in [2.24, 2.45) is 23.7 Å². The second-order valence-corrected chi connectivity index (χ2v) is 12.7. The number of ketones is 1. The molecule has 4 aliphatic rings. The molecule has 2 aliphatic carbocycles. The first kappa shape index (κ1) is 31.7. The Kier molecular flexibility index (Phi) is 13.4. The third-order valence-electron chi connectivity index (χ3n) is 9.54. The summed E-state index contributed by atoms with van der Waals surface area (Å²) < 4.78 is 25.0. The van der Waals surface area contributed by atoms with E-state index in [1.807, 2.05) is 0 Å². The lowest BCUT2D eigenvalue weighted by Crippen LogP contribution is -2.32. The van der Waals surface area contributed by atoms with Crippen molar-refractivity contribution < 1.29 is 33.6 Å². The zero-order valence-electron chi connectivity index (χ0n) is 24.8. The molecule has 0 radical (unpaired) electrons. The van der Waals surface area contributed by atoms with Gasteiger partial charge in [-0.1, -0.05) is 57.6 Å².